The molecule has 0 amide bonds. The Labute approximate surface area is 142 Å². The zero-order valence-corrected chi connectivity index (χ0v) is 13.4. The number of fused-ring (bicyclic) bond motifs is 1. The zero-order chi connectivity index (χ0) is 13.9. The second-order valence-corrected chi connectivity index (χ2v) is 4.21. The van der Waals surface area contributed by atoms with Crippen molar-refractivity contribution in [2.45, 2.75) is 0 Å². The quantitative estimate of drug-likeness (QED) is 0.532. The topological polar surface area (TPSA) is 80.6 Å². The number of para-hydroxylation sites is 1. The van der Waals surface area contributed by atoms with Gasteiger partial charge in [0.1, 0.15) is 5.69 Å². The summed E-state index contributed by atoms with van der Waals surface area (Å²) in [5.74, 6) is -0.413. The molecule has 0 unspecified atom stereocenters. The third-order valence-electron chi connectivity index (χ3n) is 2.87. The molecule has 0 saturated heterocycles. The first-order valence-corrected chi connectivity index (χ1v) is 6.04. The molecule has 2 aromatic carbocycles. The number of nitrogens with one attached hydrogen (secondary N) is 1. The number of aromatic amines is 1. The first-order chi connectivity index (χ1) is 9.75. The largest absolute Gasteiger partial charge is 1.00 e. The van der Waals surface area contributed by atoms with E-state index in [0.717, 1.165) is 0 Å². The molecule has 3 rings (SSSR count). The van der Waals surface area contributed by atoms with Crippen molar-refractivity contribution in [3.8, 4) is 5.75 Å². The van der Waals surface area contributed by atoms with Crippen LogP contribution in [0.4, 0.5) is 11.4 Å². The molecule has 0 aliphatic heterocycles. The van der Waals surface area contributed by atoms with Gasteiger partial charge in [-0.3, -0.25) is 4.79 Å². The predicted molar refractivity (Wildman–Crippen MR) is 74.6 cm³/mol. The Morgan fingerprint density at radius 3 is 2.33 bits per heavy atom. The number of aromatic nitrogens is 1. The summed E-state index contributed by atoms with van der Waals surface area (Å²) in [5.41, 5.74) is 0.349. The van der Waals surface area contributed by atoms with Gasteiger partial charge in [0.15, 0.2) is 0 Å². The molecule has 3 aromatic rings. The van der Waals surface area contributed by atoms with E-state index in [1.165, 1.54) is 0 Å². The van der Waals surface area contributed by atoms with E-state index < -0.39 is 11.3 Å². The van der Waals surface area contributed by atoms with Crippen LogP contribution in [0.5, 0.6) is 5.75 Å². The molecule has 1 aromatic heterocycles. The van der Waals surface area contributed by atoms with Crippen LogP contribution in [0, 0.1) is 0 Å². The molecule has 0 aliphatic rings. The SMILES string of the molecule is O=c1[nH]c2ccccc2c([O-])c1N=Nc1ccccc1.[Na+]. The molecule has 1 heterocycles. The summed E-state index contributed by atoms with van der Waals surface area (Å²) in [6.45, 7) is 0. The van der Waals surface area contributed by atoms with E-state index in [0.29, 0.717) is 16.6 Å². The summed E-state index contributed by atoms with van der Waals surface area (Å²) in [6.07, 6.45) is 0. The predicted octanol–water partition coefficient (Wildman–Crippen LogP) is 0.0211. The average Bonchev–Trinajstić information content (AvgIpc) is 2.48. The van der Waals surface area contributed by atoms with Crippen molar-refractivity contribution in [2.24, 2.45) is 10.2 Å². The summed E-state index contributed by atoms with van der Waals surface area (Å²) in [4.78, 5) is 14.5. The molecule has 6 heteroatoms. The first-order valence-electron chi connectivity index (χ1n) is 6.04. The fraction of sp³-hybridized carbons (Fsp3) is 0. The van der Waals surface area contributed by atoms with Gasteiger partial charge in [-0.25, -0.2) is 0 Å². The molecular weight excluding hydrogens is 277 g/mol. The van der Waals surface area contributed by atoms with E-state index in [1.807, 2.05) is 6.07 Å². The number of hydrogen-bond donors (Lipinski definition) is 1. The van der Waals surface area contributed by atoms with Crippen LogP contribution >= 0.6 is 0 Å². The van der Waals surface area contributed by atoms with Crippen molar-refractivity contribution in [3.05, 3.63) is 65.0 Å². The maximum atomic E-state index is 12.2. The zero-order valence-electron chi connectivity index (χ0n) is 11.4. The van der Waals surface area contributed by atoms with Crippen LogP contribution < -0.4 is 40.2 Å². The van der Waals surface area contributed by atoms with Gasteiger partial charge in [-0.05, 0) is 23.6 Å². The minimum absolute atomic E-state index is 0. The van der Waals surface area contributed by atoms with Gasteiger partial charge in [0, 0.05) is 5.52 Å². The Morgan fingerprint density at radius 1 is 0.905 bits per heavy atom. The second kappa shape index (κ2) is 6.67. The molecule has 0 radical (unpaired) electrons. The van der Waals surface area contributed by atoms with Crippen LogP contribution in [-0.4, -0.2) is 4.98 Å². The molecule has 0 saturated carbocycles. The summed E-state index contributed by atoms with van der Waals surface area (Å²) >= 11 is 0. The number of pyridine rings is 1. The maximum Gasteiger partial charge on any atom is 1.00 e. The van der Waals surface area contributed by atoms with Crippen LogP contribution in [0.1, 0.15) is 0 Å². The Balaban J connectivity index is 0.00000161. The van der Waals surface area contributed by atoms with Gasteiger partial charge in [0.2, 0.25) is 0 Å². The second-order valence-electron chi connectivity index (χ2n) is 4.21. The van der Waals surface area contributed by atoms with Gasteiger partial charge in [0.25, 0.3) is 5.56 Å². The number of nitrogens with zero attached hydrogens (tertiary/aromatic N) is 2. The van der Waals surface area contributed by atoms with E-state index in [2.05, 4.69) is 15.2 Å². The molecule has 0 aliphatic carbocycles. The summed E-state index contributed by atoms with van der Waals surface area (Å²) in [6, 6.07) is 15.7. The van der Waals surface area contributed by atoms with E-state index in [4.69, 9.17) is 0 Å². The van der Waals surface area contributed by atoms with E-state index in [9.17, 15) is 9.90 Å². The smallest absolute Gasteiger partial charge is 0.870 e. The van der Waals surface area contributed by atoms with Gasteiger partial charge >= 0.3 is 29.6 Å². The fourth-order valence-corrected chi connectivity index (χ4v) is 1.90. The number of hydrogen-bond acceptors (Lipinski definition) is 4. The van der Waals surface area contributed by atoms with Crippen LogP contribution in [0.25, 0.3) is 10.9 Å². The Kier molecular flexibility index (Phi) is 4.90. The number of rotatable bonds is 2. The minimum atomic E-state index is -0.534. The van der Waals surface area contributed by atoms with Gasteiger partial charge in [-0.1, -0.05) is 42.1 Å². The van der Waals surface area contributed by atoms with Crippen molar-refractivity contribution in [1.29, 1.82) is 0 Å². The van der Waals surface area contributed by atoms with Crippen molar-refractivity contribution >= 4 is 22.3 Å². The van der Waals surface area contributed by atoms with E-state index in [-0.39, 0.29) is 35.2 Å². The van der Waals surface area contributed by atoms with Gasteiger partial charge < -0.3 is 10.1 Å². The molecule has 0 spiro atoms. The number of azo groups is 1. The molecule has 0 atom stereocenters. The Bertz CT molecular complexity index is 844. The average molecular weight is 287 g/mol. The van der Waals surface area contributed by atoms with E-state index >= 15 is 0 Å². The normalized spacial score (nSPS) is 10.7. The molecule has 1 N–H and O–H groups in total. The van der Waals surface area contributed by atoms with Crippen LogP contribution in [0.3, 0.4) is 0 Å². The van der Waals surface area contributed by atoms with Gasteiger partial charge in [-0.2, -0.15) is 5.11 Å². The third-order valence-corrected chi connectivity index (χ3v) is 2.87. The van der Waals surface area contributed by atoms with Crippen molar-refractivity contribution in [2.75, 3.05) is 0 Å². The minimum Gasteiger partial charge on any atom is -0.870 e. The summed E-state index contributed by atoms with van der Waals surface area (Å²) in [7, 11) is 0. The Morgan fingerprint density at radius 2 is 1.57 bits per heavy atom. The third kappa shape index (κ3) is 3.21. The number of H-pyrrole nitrogens is 1. The molecule has 0 fully saturated rings. The molecule has 21 heavy (non-hydrogen) atoms. The summed E-state index contributed by atoms with van der Waals surface area (Å²) < 4.78 is 0. The Hall–Kier alpha value is -1.95. The molecule has 5 nitrogen and oxygen atoms in total. The maximum absolute atomic E-state index is 12.2. The molecular formula is C15H10N3NaO2. The standard InChI is InChI=1S/C15H11N3O2.Na/c19-14-11-8-4-5-9-12(11)16-15(20)13(14)18-17-10-6-2-1-3-7-10;/h1-9H,(H2,16,19,20);/q;+1/p-1. The molecule has 0 bridgehead atoms. The van der Waals surface area contributed by atoms with E-state index in [1.54, 1.807) is 48.5 Å². The van der Waals surface area contributed by atoms with Crippen LogP contribution in [-0.2, 0) is 0 Å². The van der Waals surface area contributed by atoms with Crippen molar-refractivity contribution < 1.29 is 34.7 Å². The number of benzene rings is 2. The van der Waals surface area contributed by atoms with Gasteiger partial charge in [-0.15, -0.1) is 5.11 Å². The van der Waals surface area contributed by atoms with Crippen LogP contribution in [0.15, 0.2) is 69.6 Å². The monoisotopic (exact) mass is 287 g/mol. The van der Waals surface area contributed by atoms with Crippen molar-refractivity contribution in [3.63, 3.8) is 0 Å². The van der Waals surface area contributed by atoms with Gasteiger partial charge in [0.05, 0.1) is 5.69 Å². The first kappa shape index (κ1) is 15.4. The van der Waals surface area contributed by atoms with Crippen molar-refractivity contribution in [1.82, 2.24) is 4.98 Å². The summed E-state index contributed by atoms with van der Waals surface area (Å²) in [5, 5.41) is 20.3. The molecule has 98 valence electrons. The van der Waals surface area contributed by atoms with Crippen LogP contribution in [0.2, 0.25) is 0 Å². The fourth-order valence-electron chi connectivity index (χ4n) is 1.90.